The van der Waals surface area contributed by atoms with Crippen LogP contribution < -0.4 is 15.5 Å². The maximum absolute atomic E-state index is 9.20. The first-order valence-corrected chi connectivity index (χ1v) is 7.70. The van der Waals surface area contributed by atoms with Crippen molar-refractivity contribution in [2.45, 2.75) is 0 Å². The van der Waals surface area contributed by atoms with Gasteiger partial charge < -0.3 is 25.7 Å². The largest absolute Gasteiger partial charge is 0.398 e. The van der Waals surface area contributed by atoms with Crippen molar-refractivity contribution >= 4 is 17.1 Å². The molecule has 23 heavy (non-hydrogen) atoms. The number of aliphatic hydroxyl groups excluding tert-OH is 2. The summed E-state index contributed by atoms with van der Waals surface area (Å²) in [6.07, 6.45) is 0. The Kier molecular flexibility index (Phi) is 5.84. The molecule has 0 aliphatic carbocycles. The number of nitrogen functional groups attached to an aromatic ring is 1. The Morgan fingerprint density at radius 3 is 1.96 bits per heavy atom. The Labute approximate surface area is 137 Å². The minimum atomic E-state index is 0.0389. The van der Waals surface area contributed by atoms with Crippen molar-refractivity contribution in [3.05, 3.63) is 42.5 Å². The third-order valence-electron chi connectivity index (χ3n) is 3.84. The number of benzene rings is 2. The Morgan fingerprint density at radius 2 is 1.43 bits per heavy atom. The summed E-state index contributed by atoms with van der Waals surface area (Å²) < 4.78 is 0. The van der Waals surface area contributed by atoms with Crippen LogP contribution in [0.25, 0.3) is 11.1 Å². The monoisotopic (exact) mass is 315 g/mol. The molecule has 124 valence electrons. The van der Waals surface area contributed by atoms with Crippen LogP contribution in [0.2, 0.25) is 0 Å². The molecule has 0 aliphatic heterocycles. The number of nitrogens with two attached hydrogens (primary N) is 1. The zero-order valence-corrected chi connectivity index (χ0v) is 13.7. The van der Waals surface area contributed by atoms with Gasteiger partial charge >= 0.3 is 0 Å². The molecule has 0 bridgehead atoms. The van der Waals surface area contributed by atoms with E-state index in [0.717, 1.165) is 22.5 Å². The third kappa shape index (κ3) is 4.15. The van der Waals surface area contributed by atoms with Gasteiger partial charge in [0.25, 0.3) is 0 Å². The number of nitrogens with zero attached hydrogens (tertiary/aromatic N) is 2. The molecule has 0 spiro atoms. The van der Waals surface area contributed by atoms with Crippen LogP contribution in [0.3, 0.4) is 0 Å². The van der Waals surface area contributed by atoms with E-state index in [2.05, 4.69) is 12.1 Å². The molecular formula is C18H25N3O2. The normalized spacial score (nSPS) is 10.6. The molecule has 0 radical (unpaired) electrons. The average molecular weight is 315 g/mol. The highest BCUT2D eigenvalue weighted by Crippen LogP contribution is 2.31. The Hall–Kier alpha value is -2.24. The van der Waals surface area contributed by atoms with Gasteiger partial charge in [0.1, 0.15) is 0 Å². The van der Waals surface area contributed by atoms with Crippen molar-refractivity contribution in [1.82, 2.24) is 0 Å². The zero-order chi connectivity index (χ0) is 16.8. The summed E-state index contributed by atoms with van der Waals surface area (Å²) in [7, 11) is 4.01. The van der Waals surface area contributed by atoms with Crippen LogP contribution in [-0.2, 0) is 0 Å². The first-order valence-electron chi connectivity index (χ1n) is 7.70. The lowest BCUT2D eigenvalue weighted by atomic mass is 10.0. The van der Waals surface area contributed by atoms with E-state index < -0.39 is 0 Å². The molecule has 0 aromatic heterocycles. The maximum atomic E-state index is 9.20. The molecule has 0 saturated carbocycles. The summed E-state index contributed by atoms with van der Waals surface area (Å²) in [5.74, 6) is 0. The van der Waals surface area contributed by atoms with Crippen LogP contribution in [-0.4, -0.2) is 50.6 Å². The van der Waals surface area contributed by atoms with Gasteiger partial charge in [-0.05, 0) is 35.9 Å². The van der Waals surface area contributed by atoms with Crippen LogP contribution in [0.5, 0.6) is 0 Å². The van der Waals surface area contributed by atoms with Gasteiger partial charge in [-0.2, -0.15) is 0 Å². The summed E-state index contributed by atoms with van der Waals surface area (Å²) in [5.41, 5.74) is 10.9. The fourth-order valence-corrected chi connectivity index (χ4v) is 2.54. The van der Waals surface area contributed by atoms with Crippen LogP contribution >= 0.6 is 0 Å². The van der Waals surface area contributed by atoms with Gasteiger partial charge in [0.15, 0.2) is 0 Å². The van der Waals surface area contributed by atoms with Crippen LogP contribution in [0, 0.1) is 0 Å². The van der Waals surface area contributed by atoms with E-state index in [1.807, 2.05) is 54.2 Å². The predicted molar refractivity (Wildman–Crippen MR) is 97.0 cm³/mol. The second-order valence-corrected chi connectivity index (χ2v) is 5.65. The molecule has 5 nitrogen and oxygen atoms in total. The Balaban J connectivity index is 2.36. The molecule has 0 unspecified atom stereocenters. The summed E-state index contributed by atoms with van der Waals surface area (Å²) in [6, 6.07) is 14.0. The first kappa shape index (κ1) is 17.1. The zero-order valence-electron chi connectivity index (χ0n) is 13.7. The highest BCUT2D eigenvalue weighted by molar-refractivity contribution is 5.80. The molecule has 0 heterocycles. The topological polar surface area (TPSA) is 73.0 Å². The second-order valence-electron chi connectivity index (χ2n) is 5.65. The van der Waals surface area contributed by atoms with E-state index in [1.54, 1.807) is 0 Å². The standard InChI is InChI=1S/C18H25N3O2/c1-20(2)15-5-3-14(4-6-15)17-13-16(7-8-18(17)19)21(9-11-22)10-12-23/h3-8,13,22-23H,9-12,19H2,1-2H3. The minimum Gasteiger partial charge on any atom is -0.398 e. The lowest BCUT2D eigenvalue weighted by Gasteiger charge is -2.24. The van der Waals surface area contributed by atoms with Gasteiger partial charge in [-0.1, -0.05) is 12.1 Å². The minimum absolute atomic E-state index is 0.0389. The quantitative estimate of drug-likeness (QED) is 0.680. The highest BCUT2D eigenvalue weighted by atomic mass is 16.3. The van der Waals surface area contributed by atoms with E-state index in [1.165, 1.54) is 0 Å². The number of anilines is 3. The van der Waals surface area contributed by atoms with E-state index >= 15 is 0 Å². The van der Waals surface area contributed by atoms with Crippen molar-refractivity contribution in [1.29, 1.82) is 0 Å². The Bertz CT molecular complexity index is 621. The lowest BCUT2D eigenvalue weighted by Crippen LogP contribution is -2.29. The van der Waals surface area contributed by atoms with Crippen LogP contribution in [0.1, 0.15) is 0 Å². The molecule has 4 N–H and O–H groups in total. The Morgan fingerprint density at radius 1 is 0.870 bits per heavy atom. The van der Waals surface area contributed by atoms with Gasteiger partial charge in [0, 0.05) is 49.8 Å². The molecule has 2 aromatic rings. The third-order valence-corrected chi connectivity index (χ3v) is 3.84. The van der Waals surface area contributed by atoms with Gasteiger partial charge in [-0.15, -0.1) is 0 Å². The number of rotatable bonds is 7. The summed E-state index contributed by atoms with van der Waals surface area (Å²) in [4.78, 5) is 3.99. The fraction of sp³-hybridized carbons (Fsp3) is 0.333. The number of hydrogen-bond acceptors (Lipinski definition) is 5. The lowest BCUT2D eigenvalue weighted by molar-refractivity contribution is 0.281. The molecule has 0 atom stereocenters. The first-order chi connectivity index (χ1) is 11.1. The maximum Gasteiger partial charge on any atom is 0.0606 e. The van der Waals surface area contributed by atoms with Crippen LogP contribution in [0.15, 0.2) is 42.5 Å². The summed E-state index contributed by atoms with van der Waals surface area (Å²) in [6.45, 7) is 1.03. The molecule has 0 aliphatic rings. The van der Waals surface area contributed by atoms with Gasteiger partial charge in [0.05, 0.1) is 13.2 Å². The predicted octanol–water partition coefficient (Wildman–Crippen LogP) is 1.79. The number of aliphatic hydroxyl groups is 2. The van der Waals surface area contributed by atoms with Crippen molar-refractivity contribution in [2.75, 3.05) is 55.9 Å². The van der Waals surface area contributed by atoms with E-state index in [9.17, 15) is 10.2 Å². The SMILES string of the molecule is CN(C)c1ccc(-c2cc(N(CCO)CCO)ccc2N)cc1. The van der Waals surface area contributed by atoms with E-state index in [4.69, 9.17) is 5.73 Å². The fourth-order valence-electron chi connectivity index (χ4n) is 2.54. The summed E-state index contributed by atoms with van der Waals surface area (Å²) >= 11 is 0. The van der Waals surface area contributed by atoms with E-state index in [-0.39, 0.29) is 13.2 Å². The van der Waals surface area contributed by atoms with Gasteiger partial charge in [-0.3, -0.25) is 0 Å². The van der Waals surface area contributed by atoms with E-state index in [0.29, 0.717) is 18.8 Å². The molecule has 0 fully saturated rings. The average Bonchev–Trinajstić information content (AvgIpc) is 2.55. The number of hydrogen-bond donors (Lipinski definition) is 3. The molecule has 0 amide bonds. The molecule has 5 heteroatoms. The molecule has 2 rings (SSSR count). The smallest absolute Gasteiger partial charge is 0.0606 e. The van der Waals surface area contributed by atoms with Crippen molar-refractivity contribution in [3.8, 4) is 11.1 Å². The summed E-state index contributed by atoms with van der Waals surface area (Å²) in [5, 5.41) is 18.4. The van der Waals surface area contributed by atoms with Crippen LogP contribution in [0.4, 0.5) is 17.1 Å². The second kappa shape index (κ2) is 7.85. The highest BCUT2D eigenvalue weighted by Gasteiger charge is 2.10. The van der Waals surface area contributed by atoms with Crippen molar-refractivity contribution in [3.63, 3.8) is 0 Å². The van der Waals surface area contributed by atoms with Gasteiger partial charge in [-0.25, -0.2) is 0 Å². The molecule has 0 saturated heterocycles. The molecular weight excluding hydrogens is 290 g/mol. The van der Waals surface area contributed by atoms with Gasteiger partial charge in [0.2, 0.25) is 0 Å². The van der Waals surface area contributed by atoms with Crippen molar-refractivity contribution < 1.29 is 10.2 Å². The molecule has 2 aromatic carbocycles. The van der Waals surface area contributed by atoms with Crippen molar-refractivity contribution in [2.24, 2.45) is 0 Å².